The van der Waals surface area contributed by atoms with Crippen molar-refractivity contribution in [1.29, 1.82) is 0 Å². The number of carbonyl (C=O) groups excluding carboxylic acids is 2. The smallest absolute Gasteiger partial charge is 0.255 e. The van der Waals surface area contributed by atoms with Crippen LogP contribution in [0.1, 0.15) is 31.8 Å². The third kappa shape index (κ3) is 6.33. The number of rotatable bonds is 8. The molecule has 5 nitrogen and oxygen atoms in total. The normalized spacial score (nSPS) is 10.4. The molecule has 2 amide bonds. The van der Waals surface area contributed by atoms with E-state index in [-0.39, 0.29) is 11.8 Å². The minimum atomic E-state index is -0.215. The zero-order valence-corrected chi connectivity index (χ0v) is 19.0. The average Bonchev–Trinajstić information content (AvgIpc) is 2.86. The molecular formula is C29H26N2O3. The number of benzene rings is 4. The highest BCUT2D eigenvalue weighted by Crippen LogP contribution is 2.18. The molecule has 0 radical (unpaired) electrons. The van der Waals surface area contributed by atoms with E-state index in [1.807, 2.05) is 43.3 Å². The Bertz CT molecular complexity index is 1250. The molecule has 0 atom stereocenters. The van der Waals surface area contributed by atoms with Gasteiger partial charge in [0.05, 0.1) is 6.61 Å². The first-order valence-corrected chi connectivity index (χ1v) is 11.1. The SMILES string of the molecule is Cc1cccc(C(=O)Nc2ccc(NC(=O)c3ccc(OCCc4ccccc4)cc3)cc2)c1. The van der Waals surface area contributed by atoms with Gasteiger partial charge in [0.25, 0.3) is 11.8 Å². The molecule has 0 aliphatic carbocycles. The van der Waals surface area contributed by atoms with Gasteiger partial charge in [-0.2, -0.15) is 0 Å². The van der Waals surface area contributed by atoms with Crippen molar-refractivity contribution in [2.45, 2.75) is 13.3 Å². The van der Waals surface area contributed by atoms with Gasteiger partial charge in [-0.05, 0) is 73.2 Å². The Hall–Kier alpha value is -4.38. The van der Waals surface area contributed by atoms with Gasteiger partial charge in [0.15, 0.2) is 0 Å². The predicted molar refractivity (Wildman–Crippen MR) is 136 cm³/mol. The first kappa shape index (κ1) is 22.8. The van der Waals surface area contributed by atoms with E-state index >= 15 is 0 Å². The van der Waals surface area contributed by atoms with Crippen LogP contribution in [0.15, 0.2) is 103 Å². The Kier molecular flexibility index (Phi) is 7.35. The number of amides is 2. The maximum Gasteiger partial charge on any atom is 0.255 e. The van der Waals surface area contributed by atoms with E-state index in [4.69, 9.17) is 4.74 Å². The van der Waals surface area contributed by atoms with E-state index in [0.717, 1.165) is 17.7 Å². The molecule has 5 heteroatoms. The summed E-state index contributed by atoms with van der Waals surface area (Å²) >= 11 is 0. The van der Waals surface area contributed by atoms with Crippen molar-refractivity contribution in [2.75, 3.05) is 17.2 Å². The zero-order valence-electron chi connectivity index (χ0n) is 19.0. The van der Waals surface area contributed by atoms with E-state index in [1.54, 1.807) is 54.6 Å². The fourth-order valence-corrected chi connectivity index (χ4v) is 3.46. The molecule has 0 saturated carbocycles. The quantitative estimate of drug-likeness (QED) is 0.340. The van der Waals surface area contributed by atoms with E-state index in [0.29, 0.717) is 29.1 Å². The second-order valence-electron chi connectivity index (χ2n) is 7.96. The lowest BCUT2D eigenvalue weighted by Gasteiger charge is -2.09. The van der Waals surface area contributed by atoms with E-state index in [9.17, 15) is 9.59 Å². The Balaban J connectivity index is 1.28. The second-order valence-corrected chi connectivity index (χ2v) is 7.96. The van der Waals surface area contributed by atoms with Crippen LogP contribution in [0.5, 0.6) is 5.75 Å². The van der Waals surface area contributed by atoms with Crippen LogP contribution in [-0.2, 0) is 6.42 Å². The van der Waals surface area contributed by atoms with Gasteiger partial charge in [0, 0.05) is 28.9 Å². The zero-order chi connectivity index (χ0) is 23.8. The summed E-state index contributed by atoms with van der Waals surface area (Å²) in [5.41, 5.74) is 4.68. The molecular weight excluding hydrogens is 424 g/mol. The summed E-state index contributed by atoms with van der Waals surface area (Å²) in [6.45, 7) is 2.52. The molecule has 4 rings (SSSR count). The molecule has 4 aromatic carbocycles. The van der Waals surface area contributed by atoms with Crippen LogP contribution in [0, 0.1) is 6.92 Å². The fraction of sp³-hybridized carbons (Fsp3) is 0.103. The number of hydrogen-bond acceptors (Lipinski definition) is 3. The van der Waals surface area contributed by atoms with Crippen molar-refractivity contribution in [3.8, 4) is 5.75 Å². The summed E-state index contributed by atoms with van der Waals surface area (Å²) in [4.78, 5) is 25.0. The van der Waals surface area contributed by atoms with Gasteiger partial charge < -0.3 is 15.4 Å². The number of ether oxygens (including phenoxy) is 1. The topological polar surface area (TPSA) is 67.4 Å². The Labute approximate surface area is 199 Å². The molecule has 0 heterocycles. The molecule has 0 spiro atoms. The Morgan fingerprint density at radius 2 is 1.29 bits per heavy atom. The molecule has 34 heavy (non-hydrogen) atoms. The fourth-order valence-electron chi connectivity index (χ4n) is 3.46. The third-order valence-electron chi connectivity index (χ3n) is 5.30. The van der Waals surface area contributed by atoms with Crippen LogP contribution >= 0.6 is 0 Å². The Morgan fingerprint density at radius 3 is 1.91 bits per heavy atom. The maximum absolute atomic E-state index is 12.6. The maximum atomic E-state index is 12.6. The summed E-state index contributed by atoms with van der Waals surface area (Å²) in [6, 6.07) is 31.7. The second kappa shape index (κ2) is 11.0. The molecule has 0 aliphatic rings. The number of aryl methyl sites for hydroxylation is 1. The molecule has 0 saturated heterocycles. The van der Waals surface area contributed by atoms with Crippen LogP contribution in [0.25, 0.3) is 0 Å². The largest absolute Gasteiger partial charge is 0.493 e. The van der Waals surface area contributed by atoms with E-state index in [1.165, 1.54) is 5.56 Å². The van der Waals surface area contributed by atoms with Crippen molar-refractivity contribution >= 4 is 23.2 Å². The summed E-state index contributed by atoms with van der Waals surface area (Å²) in [6.07, 6.45) is 0.824. The summed E-state index contributed by atoms with van der Waals surface area (Å²) < 4.78 is 5.78. The lowest BCUT2D eigenvalue weighted by Crippen LogP contribution is -2.13. The molecule has 170 valence electrons. The van der Waals surface area contributed by atoms with Crippen molar-refractivity contribution in [1.82, 2.24) is 0 Å². The van der Waals surface area contributed by atoms with Crippen LogP contribution in [0.3, 0.4) is 0 Å². The van der Waals surface area contributed by atoms with Gasteiger partial charge >= 0.3 is 0 Å². The first-order chi connectivity index (χ1) is 16.6. The summed E-state index contributed by atoms with van der Waals surface area (Å²) in [5, 5.41) is 5.74. The van der Waals surface area contributed by atoms with Crippen molar-refractivity contribution in [3.63, 3.8) is 0 Å². The van der Waals surface area contributed by atoms with Gasteiger partial charge in [-0.25, -0.2) is 0 Å². The van der Waals surface area contributed by atoms with Gasteiger partial charge in [-0.1, -0.05) is 48.0 Å². The lowest BCUT2D eigenvalue weighted by molar-refractivity contribution is 0.101. The van der Waals surface area contributed by atoms with Gasteiger partial charge in [0.2, 0.25) is 0 Å². The van der Waals surface area contributed by atoms with Crippen molar-refractivity contribution < 1.29 is 14.3 Å². The van der Waals surface area contributed by atoms with Crippen LogP contribution in [0.4, 0.5) is 11.4 Å². The summed E-state index contributed by atoms with van der Waals surface area (Å²) in [5.74, 6) is 0.333. The summed E-state index contributed by atoms with van der Waals surface area (Å²) in [7, 11) is 0. The lowest BCUT2D eigenvalue weighted by atomic mass is 10.1. The standard InChI is InChI=1S/C29H26N2O3/c1-21-6-5-9-24(20-21)29(33)31-26-14-12-25(13-15-26)30-28(32)23-10-16-27(17-11-23)34-19-18-22-7-3-2-4-8-22/h2-17,20H,18-19H2,1H3,(H,30,32)(H,31,33). The molecule has 0 aromatic heterocycles. The average molecular weight is 451 g/mol. The van der Waals surface area contributed by atoms with Crippen molar-refractivity contribution in [2.24, 2.45) is 0 Å². The molecule has 0 aliphatic heterocycles. The van der Waals surface area contributed by atoms with Crippen molar-refractivity contribution in [3.05, 3.63) is 125 Å². The highest BCUT2D eigenvalue weighted by Gasteiger charge is 2.09. The van der Waals surface area contributed by atoms with Gasteiger partial charge in [-0.3, -0.25) is 9.59 Å². The molecule has 2 N–H and O–H groups in total. The number of carbonyl (C=O) groups is 2. The van der Waals surface area contributed by atoms with E-state index < -0.39 is 0 Å². The van der Waals surface area contributed by atoms with Crippen LogP contribution in [-0.4, -0.2) is 18.4 Å². The number of nitrogens with one attached hydrogen (secondary N) is 2. The molecule has 0 bridgehead atoms. The molecule has 0 fully saturated rings. The third-order valence-corrected chi connectivity index (χ3v) is 5.30. The first-order valence-electron chi connectivity index (χ1n) is 11.1. The minimum Gasteiger partial charge on any atom is -0.493 e. The predicted octanol–water partition coefficient (Wildman–Crippen LogP) is 6.12. The van der Waals surface area contributed by atoms with Crippen LogP contribution < -0.4 is 15.4 Å². The Morgan fingerprint density at radius 1 is 0.676 bits per heavy atom. The number of hydrogen-bond donors (Lipinski definition) is 2. The van der Waals surface area contributed by atoms with E-state index in [2.05, 4.69) is 22.8 Å². The highest BCUT2D eigenvalue weighted by molar-refractivity contribution is 6.05. The molecule has 4 aromatic rings. The highest BCUT2D eigenvalue weighted by atomic mass is 16.5. The number of anilines is 2. The minimum absolute atomic E-state index is 0.174. The molecule has 0 unspecified atom stereocenters. The van der Waals surface area contributed by atoms with Gasteiger partial charge in [0.1, 0.15) is 5.75 Å². The monoisotopic (exact) mass is 450 g/mol. The van der Waals surface area contributed by atoms with Crippen LogP contribution in [0.2, 0.25) is 0 Å². The van der Waals surface area contributed by atoms with Gasteiger partial charge in [-0.15, -0.1) is 0 Å².